The van der Waals surface area contributed by atoms with E-state index in [1.807, 2.05) is 6.07 Å². The number of hydrogen-bond acceptors (Lipinski definition) is 4. The van der Waals surface area contributed by atoms with Crippen LogP contribution < -0.4 is 10.6 Å². The average molecular weight is 329 g/mol. The lowest BCUT2D eigenvalue weighted by Gasteiger charge is -2.28. The molecule has 0 bridgehead atoms. The summed E-state index contributed by atoms with van der Waals surface area (Å²) in [5.74, 6) is -0.567. The van der Waals surface area contributed by atoms with Crippen LogP contribution in [-0.2, 0) is 9.53 Å². The van der Waals surface area contributed by atoms with E-state index >= 15 is 0 Å². The SMILES string of the molecule is COC(=O)[C@H]1CCCCCC[C@@H]1NC(=O)Nc1ccc(C#N)cc1. The van der Waals surface area contributed by atoms with Crippen molar-refractivity contribution in [2.75, 3.05) is 12.4 Å². The van der Waals surface area contributed by atoms with Gasteiger partial charge in [0.1, 0.15) is 0 Å². The van der Waals surface area contributed by atoms with Crippen LogP contribution in [-0.4, -0.2) is 25.2 Å². The number of amides is 2. The van der Waals surface area contributed by atoms with Gasteiger partial charge >= 0.3 is 12.0 Å². The number of nitrogens with one attached hydrogen (secondary N) is 2. The number of carbonyl (C=O) groups is 2. The molecule has 6 nitrogen and oxygen atoms in total. The molecule has 0 saturated heterocycles. The van der Waals surface area contributed by atoms with Crippen molar-refractivity contribution in [3.8, 4) is 6.07 Å². The number of hydrogen-bond donors (Lipinski definition) is 2. The molecule has 0 spiro atoms. The maximum atomic E-state index is 12.3. The average Bonchev–Trinajstić information content (AvgIpc) is 2.57. The van der Waals surface area contributed by atoms with Crippen molar-refractivity contribution in [2.24, 2.45) is 5.92 Å². The molecule has 2 amide bonds. The summed E-state index contributed by atoms with van der Waals surface area (Å²) in [4.78, 5) is 24.3. The molecule has 0 aliphatic heterocycles. The molecule has 0 radical (unpaired) electrons. The van der Waals surface area contributed by atoms with E-state index in [1.165, 1.54) is 7.11 Å². The van der Waals surface area contributed by atoms with Gasteiger partial charge in [-0.05, 0) is 37.1 Å². The molecule has 0 unspecified atom stereocenters. The number of esters is 1. The van der Waals surface area contributed by atoms with Crippen LogP contribution in [0.25, 0.3) is 0 Å². The van der Waals surface area contributed by atoms with Gasteiger partial charge in [-0.3, -0.25) is 4.79 Å². The number of anilines is 1. The van der Waals surface area contributed by atoms with E-state index in [2.05, 4.69) is 10.6 Å². The summed E-state index contributed by atoms with van der Waals surface area (Å²) in [5, 5.41) is 14.4. The van der Waals surface area contributed by atoms with E-state index in [9.17, 15) is 9.59 Å². The van der Waals surface area contributed by atoms with Crippen molar-refractivity contribution in [3.63, 3.8) is 0 Å². The van der Waals surface area contributed by atoms with Gasteiger partial charge in [-0.2, -0.15) is 5.26 Å². The fourth-order valence-corrected chi connectivity index (χ4v) is 3.05. The van der Waals surface area contributed by atoms with Crippen molar-refractivity contribution in [1.82, 2.24) is 5.32 Å². The predicted octanol–water partition coefficient (Wildman–Crippen LogP) is 3.19. The van der Waals surface area contributed by atoms with Crippen LogP contribution in [0.2, 0.25) is 0 Å². The van der Waals surface area contributed by atoms with Gasteiger partial charge in [0.15, 0.2) is 0 Å². The number of rotatable bonds is 3. The first-order valence-corrected chi connectivity index (χ1v) is 8.29. The maximum Gasteiger partial charge on any atom is 0.319 e. The zero-order chi connectivity index (χ0) is 17.4. The standard InChI is InChI=1S/C18H23N3O3/c1-24-17(22)15-6-4-2-3-5-7-16(15)21-18(23)20-14-10-8-13(12-19)9-11-14/h8-11,15-16H,2-7H2,1H3,(H2,20,21,23)/t15-,16-/m0/s1. The summed E-state index contributed by atoms with van der Waals surface area (Å²) >= 11 is 0. The van der Waals surface area contributed by atoms with Gasteiger partial charge in [-0.25, -0.2) is 4.79 Å². The summed E-state index contributed by atoms with van der Waals surface area (Å²) in [6.45, 7) is 0. The first-order valence-electron chi connectivity index (χ1n) is 8.29. The molecule has 1 aliphatic rings. The number of benzene rings is 1. The Kier molecular flexibility index (Phi) is 6.62. The highest BCUT2D eigenvalue weighted by Gasteiger charge is 2.30. The first kappa shape index (κ1) is 17.8. The Morgan fingerprint density at radius 1 is 1.12 bits per heavy atom. The van der Waals surface area contributed by atoms with Gasteiger partial charge in [0.2, 0.25) is 0 Å². The van der Waals surface area contributed by atoms with Crippen molar-refractivity contribution in [1.29, 1.82) is 5.26 Å². The number of nitrogens with zero attached hydrogens (tertiary/aromatic N) is 1. The van der Waals surface area contributed by atoms with Crippen LogP contribution in [0, 0.1) is 17.2 Å². The third-order valence-electron chi connectivity index (χ3n) is 4.36. The van der Waals surface area contributed by atoms with Crippen LogP contribution in [0.4, 0.5) is 10.5 Å². The Morgan fingerprint density at radius 2 is 1.79 bits per heavy atom. The Labute approximate surface area is 142 Å². The molecule has 24 heavy (non-hydrogen) atoms. The number of urea groups is 1. The first-order chi connectivity index (χ1) is 11.6. The number of ether oxygens (including phenoxy) is 1. The summed E-state index contributed by atoms with van der Waals surface area (Å²) in [7, 11) is 1.38. The summed E-state index contributed by atoms with van der Waals surface area (Å²) < 4.78 is 4.90. The monoisotopic (exact) mass is 329 g/mol. The van der Waals surface area contributed by atoms with E-state index in [4.69, 9.17) is 10.00 Å². The molecule has 0 heterocycles. The van der Waals surface area contributed by atoms with Crippen molar-refractivity contribution >= 4 is 17.7 Å². The highest BCUT2D eigenvalue weighted by molar-refractivity contribution is 5.90. The minimum atomic E-state index is -0.348. The van der Waals surface area contributed by atoms with Crippen LogP contribution in [0.1, 0.15) is 44.1 Å². The molecule has 128 valence electrons. The number of methoxy groups -OCH3 is 1. The van der Waals surface area contributed by atoms with Crippen molar-refractivity contribution in [2.45, 2.75) is 44.6 Å². The fourth-order valence-electron chi connectivity index (χ4n) is 3.05. The molecule has 2 rings (SSSR count). The Balaban J connectivity index is 1.99. The Hall–Kier alpha value is -2.55. The van der Waals surface area contributed by atoms with Crippen molar-refractivity contribution in [3.05, 3.63) is 29.8 Å². The molecular formula is C18H23N3O3. The minimum absolute atomic E-state index is 0.226. The fraction of sp³-hybridized carbons (Fsp3) is 0.500. The highest BCUT2D eigenvalue weighted by atomic mass is 16.5. The molecule has 1 fully saturated rings. The van der Waals surface area contributed by atoms with Crippen LogP contribution in [0.3, 0.4) is 0 Å². The maximum absolute atomic E-state index is 12.3. The third-order valence-corrected chi connectivity index (χ3v) is 4.36. The second kappa shape index (κ2) is 8.92. The number of carbonyl (C=O) groups excluding carboxylic acids is 2. The zero-order valence-electron chi connectivity index (χ0n) is 13.9. The van der Waals surface area contributed by atoms with Crippen LogP contribution >= 0.6 is 0 Å². The van der Waals surface area contributed by atoms with Gasteiger partial charge in [0.25, 0.3) is 0 Å². The lowest BCUT2D eigenvalue weighted by atomic mass is 9.87. The second-order valence-corrected chi connectivity index (χ2v) is 6.02. The molecular weight excluding hydrogens is 306 g/mol. The van der Waals surface area contributed by atoms with E-state index < -0.39 is 0 Å². The van der Waals surface area contributed by atoms with Gasteiger partial charge < -0.3 is 15.4 Å². The largest absolute Gasteiger partial charge is 0.469 e. The Bertz CT molecular complexity index is 607. The van der Waals surface area contributed by atoms with E-state index in [1.54, 1.807) is 24.3 Å². The third kappa shape index (κ3) is 4.98. The van der Waals surface area contributed by atoms with E-state index in [0.29, 0.717) is 11.3 Å². The minimum Gasteiger partial charge on any atom is -0.469 e. The van der Waals surface area contributed by atoms with Crippen LogP contribution in [0.15, 0.2) is 24.3 Å². The quantitative estimate of drug-likeness (QED) is 0.833. The topological polar surface area (TPSA) is 91.2 Å². The van der Waals surface area contributed by atoms with Gasteiger partial charge in [0, 0.05) is 11.7 Å². The molecule has 1 saturated carbocycles. The summed E-state index contributed by atoms with van der Waals surface area (Å²) in [6.07, 6.45) is 5.67. The lowest BCUT2D eigenvalue weighted by molar-refractivity contribution is -0.146. The summed E-state index contributed by atoms with van der Waals surface area (Å²) in [6, 6.07) is 8.09. The molecule has 2 N–H and O–H groups in total. The predicted molar refractivity (Wildman–Crippen MR) is 90.3 cm³/mol. The molecule has 2 atom stereocenters. The molecule has 6 heteroatoms. The lowest BCUT2D eigenvalue weighted by Crippen LogP contribution is -2.45. The van der Waals surface area contributed by atoms with Crippen molar-refractivity contribution < 1.29 is 14.3 Å². The molecule has 0 aromatic heterocycles. The smallest absolute Gasteiger partial charge is 0.319 e. The molecule has 1 aromatic rings. The number of nitriles is 1. The zero-order valence-corrected chi connectivity index (χ0v) is 13.9. The normalized spacial score (nSPS) is 20.8. The summed E-state index contributed by atoms with van der Waals surface area (Å²) in [5.41, 5.74) is 1.14. The van der Waals surface area contributed by atoms with E-state index in [0.717, 1.165) is 38.5 Å². The van der Waals surface area contributed by atoms with Gasteiger partial charge in [0.05, 0.1) is 24.7 Å². The van der Waals surface area contributed by atoms with Crippen LogP contribution in [0.5, 0.6) is 0 Å². The molecule has 1 aromatic carbocycles. The van der Waals surface area contributed by atoms with Gasteiger partial charge in [-0.1, -0.05) is 25.7 Å². The van der Waals surface area contributed by atoms with E-state index in [-0.39, 0.29) is 24.0 Å². The molecule has 1 aliphatic carbocycles. The van der Waals surface area contributed by atoms with Gasteiger partial charge in [-0.15, -0.1) is 0 Å². The Morgan fingerprint density at radius 3 is 2.42 bits per heavy atom. The second-order valence-electron chi connectivity index (χ2n) is 6.02. The highest BCUT2D eigenvalue weighted by Crippen LogP contribution is 2.24.